The van der Waals surface area contributed by atoms with Gasteiger partial charge >= 0.3 is 41.6 Å². The van der Waals surface area contributed by atoms with Crippen molar-refractivity contribution < 1.29 is 63.4 Å². The first-order valence-corrected chi connectivity index (χ1v) is 14.3. The Hall–Kier alpha value is -4.12. The molecule has 15 nitrogen and oxygen atoms in total. The summed E-state index contributed by atoms with van der Waals surface area (Å²) in [6.45, 7) is 0.0289. The maximum Gasteiger partial charge on any atom is 1.00 e. The number of ketones is 1. The molecule has 5 amide bonds. The fourth-order valence-corrected chi connectivity index (χ4v) is 4.78. The first kappa shape index (κ1) is 37.1. The Morgan fingerprint density at radius 1 is 1.09 bits per heavy atom. The number of rotatable bonds is 11. The Bertz CT molecular complexity index is 1340. The summed E-state index contributed by atoms with van der Waals surface area (Å²) in [7, 11) is 0. The van der Waals surface area contributed by atoms with Crippen LogP contribution in [0.4, 0.5) is 4.79 Å². The van der Waals surface area contributed by atoms with Crippen molar-refractivity contribution in [1.82, 2.24) is 25.8 Å². The van der Waals surface area contributed by atoms with Crippen LogP contribution in [0.15, 0.2) is 71.0 Å². The first-order valence-electron chi connectivity index (χ1n) is 13.4. The van der Waals surface area contributed by atoms with Crippen LogP contribution in [0.3, 0.4) is 0 Å². The number of benzene rings is 2. The second kappa shape index (κ2) is 19.3. The second-order valence-electron chi connectivity index (χ2n) is 9.28. The summed E-state index contributed by atoms with van der Waals surface area (Å²) < 4.78 is 0. The molecule has 0 radical (unpaired) electrons. The summed E-state index contributed by atoms with van der Waals surface area (Å²) in [5.41, 5.74) is 13.2. The Morgan fingerprint density at radius 2 is 1.78 bits per heavy atom. The molecule has 0 aliphatic carbocycles. The topological polar surface area (TPSA) is 203 Å². The monoisotopic (exact) mass is 644 g/mol. The number of hydrogen-bond acceptors (Lipinski definition) is 8. The molecule has 0 aromatic heterocycles. The quantitative estimate of drug-likeness (QED) is 0.0687. The van der Waals surface area contributed by atoms with E-state index in [9.17, 15) is 33.9 Å². The van der Waals surface area contributed by atoms with Crippen molar-refractivity contribution >= 4 is 52.8 Å². The summed E-state index contributed by atoms with van der Waals surface area (Å²) in [4.78, 5) is 76.0. The third-order valence-electron chi connectivity index (χ3n) is 6.30. The number of fused-ring (bicyclic) bond motifs is 1. The molecule has 2 saturated heterocycles. The van der Waals surface area contributed by atoms with E-state index in [0.29, 0.717) is 18.2 Å². The van der Waals surface area contributed by atoms with Crippen LogP contribution in [0, 0.1) is 6.07 Å². The van der Waals surface area contributed by atoms with Gasteiger partial charge in [-0.05, 0) is 25.0 Å². The molecule has 2 aromatic rings. The average Bonchev–Trinajstić information content (AvgIpc) is 3.16. The molecule has 45 heavy (non-hydrogen) atoms. The first-order chi connectivity index (χ1) is 21.2. The molecule has 2 fully saturated rings. The summed E-state index contributed by atoms with van der Waals surface area (Å²) in [5.74, 6) is -4.21. The van der Waals surface area contributed by atoms with E-state index in [1.54, 1.807) is 30.3 Å². The predicted molar refractivity (Wildman–Crippen MR) is 157 cm³/mol. The van der Waals surface area contributed by atoms with Gasteiger partial charge in [0.2, 0.25) is 11.8 Å². The molecule has 4 rings (SSSR count). The van der Waals surface area contributed by atoms with Gasteiger partial charge in [-0.3, -0.25) is 29.4 Å². The molecule has 0 spiro atoms. The van der Waals surface area contributed by atoms with E-state index in [0.717, 1.165) is 15.0 Å². The van der Waals surface area contributed by atoms with Crippen LogP contribution >= 0.6 is 11.8 Å². The maximum absolute atomic E-state index is 13.5. The Kier molecular flexibility index (Phi) is 15.9. The van der Waals surface area contributed by atoms with Gasteiger partial charge in [-0.2, -0.15) is 36.4 Å². The smallest absolute Gasteiger partial charge is 0.562 e. The Balaban J connectivity index is 0.000000900. The number of nitrogens with one attached hydrogen (secondary N) is 2. The standard InChI is InChI=1S/C22H24N8O7S.C6H5.Na/c23-27-24-13-38-12-17(31)15(11-19(33)34)25-21(36)16-7-4-9-29-18(32)8-10-28(22(37)30(16)29)26-20(35)14-5-2-1-3-6-14;1-2-4-6-5-3-1;/h1-3,5-6,15-16H,4,7-12H2,(H,25,36)(H,26,35)(H,33,34);1-5H;/q-2;-1;+1. The number of hydrazine groups is 2. The minimum Gasteiger partial charge on any atom is -0.562 e. The molecule has 0 bridgehead atoms. The van der Waals surface area contributed by atoms with Gasteiger partial charge in [0.05, 0.1) is 19.0 Å². The summed E-state index contributed by atoms with van der Waals surface area (Å²) in [6.07, 6.45) is -0.340. The molecule has 2 atom stereocenters. The number of aliphatic carboxylic acids is 1. The van der Waals surface area contributed by atoms with Crippen molar-refractivity contribution in [3.63, 3.8) is 0 Å². The molecule has 2 aliphatic heterocycles. The van der Waals surface area contributed by atoms with Gasteiger partial charge in [-0.25, -0.2) is 19.8 Å². The zero-order chi connectivity index (χ0) is 31.9. The van der Waals surface area contributed by atoms with E-state index >= 15 is 0 Å². The Labute approximate surface area is 285 Å². The summed E-state index contributed by atoms with van der Waals surface area (Å²) in [5, 5.41) is 20.1. The van der Waals surface area contributed by atoms with Gasteiger partial charge in [0.15, 0.2) is 5.78 Å². The third kappa shape index (κ3) is 11.4. The van der Waals surface area contributed by atoms with Crippen LogP contribution in [0.5, 0.6) is 0 Å². The molecule has 2 aromatic carbocycles. The van der Waals surface area contributed by atoms with Crippen LogP contribution in [0.25, 0.3) is 5.53 Å². The fourth-order valence-electron chi connectivity index (χ4n) is 4.27. The van der Waals surface area contributed by atoms with E-state index in [4.69, 9.17) is 5.53 Å². The van der Waals surface area contributed by atoms with E-state index < -0.39 is 54.0 Å². The van der Waals surface area contributed by atoms with Crippen molar-refractivity contribution in [2.24, 2.45) is 10.3 Å². The van der Waals surface area contributed by atoms with E-state index in [2.05, 4.69) is 32.7 Å². The molecule has 2 heterocycles. The molecule has 2 unspecified atom stereocenters. The number of carbonyl (C=O) groups excluding carboxylic acids is 5. The Morgan fingerprint density at radius 3 is 2.38 bits per heavy atom. The van der Waals surface area contributed by atoms with Crippen molar-refractivity contribution in [2.75, 3.05) is 18.8 Å². The largest absolute Gasteiger partial charge is 1.00 e. The summed E-state index contributed by atoms with van der Waals surface area (Å²) in [6, 6.07) is 17.1. The van der Waals surface area contributed by atoms with Crippen LogP contribution < -0.4 is 40.3 Å². The van der Waals surface area contributed by atoms with Crippen molar-refractivity contribution in [3.8, 4) is 0 Å². The zero-order valence-corrected chi connectivity index (χ0v) is 27.2. The average molecular weight is 645 g/mol. The van der Waals surface area contributed by atoms with Crippen molar-refractivity contribution in [2.45, 2.75) is 37.8 Å². The molecular weight excluding hydrogens is 615 g/mol. The normalized spacial score (nSPS) is 16.6. The fraction of sp³-hybridized carbons (Fsp3) is 0.321. The SMILES string of the molecule is [N-]=NN=[C-]SCC(=O)C(CC(=O)O)NC(=O)C1CCCN2C(=O)CCN(NC(=O)c3ccccc3)C(=O)N12.[Na+].[c-]1ccccc1. The molecule has 232 valence electrons. The van der Waals surface area contributed by atoms with E-state index in [1.807, 2.05) is 30.3 Å². The van der Waals surface area contributed by atoms with Gasteiger partial charge in [0.25, 0.3) is 5.91 Å². The molecule has 2 aliphatic rings. The van der Waals surface area contributed by atoms with Gasteiger partial charge in [-0.15, -0.1) is 0 Å². The van der Waals surface area contributed by atoms with E-state index in [-0.39, 0.29) is 66.8 Å². The second-order valence-corrected chi connectivity index (χ2v) is 10.0. The summed E-state index contributed by atoms with van der Waals surface area (Å²) >= 11 is 0.701. The number of amides is 5. The molecule has 0 saturated carbocycles. The predicted octanol–water partition coefficient (Wildman–Crippen LogP) is -1.04. The number of Topliss-reactive ketones (excluding diaryl/α,β-unsaturated/α-hetero) is 1. The zero-order valence-electron chi connectivity index (χ0n) is 24.4. The number of nitrogens with zero attached hydrogens (tertiary/aromatic N) is 6. The third-order valence-corrected chi connectivity index (χ3v) is 6.94. The number of carboxylic acid groups (broad SMARTS) is 1. The maximum atomic E-state index is 13.5. The van der Waals surface area contributed by atoms with Crippen LogP contribution in [-0.2, 0) is 19.2 Å². The molecule has 3 N–H and O–H groups in total. The van der Waals surface area contributed by atoms with Gasteiger partial charge in [-0.1, -0.05) is 18.2 Å². The van der Waals surface area contributed by atoms with Gasteiger partial charge in [0.1, 0.15) is 6.04 Å². The minimum absolute atomic E-state index is 0. The van der Waals surface area contributed by atoms with E-state index in [1.165, 1.54) is 0 Å². The number of hydrogen-bond donors (Lipinski definition) is 3. The number of urea groups is 1. The molecule has 17 heteroatoms. The molecular formula is C28H29N8NaO7S-2. The number of carbonyl (C=O) groups is 6. The number of thioether (sulfide) groups is 1. The van der Waals surface area contributed by atoms with Crippen molar-refractivity contribution in [1.29, 1.82) is 0 Å². The minimum atomic E-state index is -1.44. The van der Waals surface area contributed by atoms with Crippen LogP contribution in [0.2, 0.25) is 0 Å². The number of carboxylic acids is 1. The van der Waals surface area contributed by atoms with Crippen LogP contribution in [-0.4, -0.2) is 92.1 Å². The van der Waals surface area contributed by atoms with Crippen LogP contribution in [0.1, 0.15) is 36.0 Å². The van der Waals surface area contributed by atoms with Crippen molar-refractivity contribution in [3.05, 3.63) is 77.8 Å². The van der Waals surface area contributed by atoms with Gasteiger partial charge in [0, 0.05) is 24.3 Å². The van der Waals surface area contributed by atoms with Gasteiger partial charge < -0.3 is 43.6 Å².